The van der Waals surface area contributed by atoms with E-state index in [1.807, 2.05) is 60.7 Å². The van der Waals surface area contributed by atoms with Gasteiger partial charge in [-0.05, 0) is 0 Å². The van der Waals surface area contributed by atoms with Gasteiger partial charge < -0.3 is 51.3 Å². The second-order valence-electron chi connectivity index (χ2n) is 1.92. The summed E-state index contributed by atoms with van der Waals surface area (Å²) in [7, 11) is 0. The predicted molar refractivity (Wildman–Crippen MR) is 57.5 cm³/mol. The summed E-state index contributed by atoms with van der Waals surface area (Å²) in [6, 6.07) is 20.0. The molecule has 0 unspecified atom stereocenters. The van der Waals surface area contributed by atoms with Crippen molar-refractivity contribution in [1.82, 2.24) is 0 Å². The number of nitroso groups, excluding NO2 is 2. The van der Waals surface area contributed by atoms with Crippen LogP contribution >= 0.6 is 0 Å². The van der Waals surface area contributed by atoms with Gasteiger partial charge in [0.2, 0.25) is 0 Å². The Labute approximate surface area is 116 Å². The monoisotopic (exact) mass is 302 g/mol. The first-order chi connectivity index (χ1) is 7.00. The summed E-state index contributed by atoms with van der Waals surface area (Å²) in [5.41, 5.74) is 11.5. The van der Waals surface area contributed by atoms with Crippen molar-refractivity contribution in [1.29, 1.82) is 0 Å². The Morgan fingerprint density at radius 2 is 0.938 bits per heavy atom. The number of nitrogens with zero attached hydrogens (tertiary/aromatic N) is 2. The van der Waals surface area contributed by atoms with Crippen molar-refractivity contribution in [3.63, 3.8) is 0 Å². The van der Waals surface area contributed by atoms with E-state index in [1.165, 1.54) is 0 Å². The summed E-state index contributed by atoms with van der Waals surface area (Å²) in [6.45, 7) is 0. The summed E-state index contributed by atoms with van der Waals surface area (Å²) in [5.74, 6) is 0. The van der Waals surface area contributed by atoms with E-state index in [1.54, 1.807) is 0 Å². The molecule has 0 heterocycles. The first kappa shape index (κ1) is 24.3. The van der Waals surface area contributed by atoms with E-state index in [0.717, 1.165) is 0 Å². The number of rotatable bonds is 0. The van der Waals surface area contributed by atoms with Crippen molar-refractivity contribution in [3.8, 4) is 0 Å². The van der Waals surface area contributed by atoms with Gasteiger partial charge in [0.15, 0.2) is 0 Å². The van der Waals surface area contributed by atoms with Gasteiger partial charge in [-0.2, -0.15) is 18.2 Å². The number of hydrogen-bond donors (Lipinski definition) is 0. The van der Waals surface area contributed by atoms with Gasteiger partial charge in [0.1, 0.15) is 0 Å². The van der Waals surface area contributed by atoms with E-state index in [9.17, 15) is 0 Å². The Morgan fingerprint density at radius 3 is 1.06 bits per heavy atom. The molecule has 4 nitrogen and oxygen atoms in total. The molecule has 0 atom stereocenters. The van der Waals surface area contributed by atoms with Crippen molar-refractivity contribution in [3.05, 3.63) is 81.7 Å². The molecule has 0 aliphatic carbocycles. The Kier molecular flexibility index (Phi) is 44.3. The van der Waals surface area contributed by atoms with Gasteiger partial charge in [0, 0.05) is 17.1 Å². The van der Waals surface area contributed by atoms with Crippen LogP contribution in [-0.2, 0) is 34.1 Å². The van der Waals surface area contributed by atoms with Crippen molar-refractivity contribution in [2.24, 2.45) is 0 Å². The molecule has 2 rings (SSSR count). The minimum Gasteiger partial charge on any atom is -0.748 e. The fourth-order valence-electron chi connectivity index (χ4n) is 0.642. The third-order valence-corrected chi connectivity index (χ3v) is 1.11. The zero-order valence-electron chi connectivity index (χ0n) is 8.19. The molecule has 2 aromatic rings. The largest absolute Gasteiger partial charge is 5.00 e. The third kappa shape index (κ3) is 23.1. The molecule has 0 saturated heterocycles. The van der Waals surface area contributed by atoms with Gasteiger partial charge in [-0.15, -0.1) is 0 Å². The fourth-order valence-corrected chi connectivity index (χ4v) is 0.642. The minimum absolute atomic E-state index is 0. The normalized spacial score (nSPS) is 5.50. The maximum Gasteiger partial charge on any atom is 5.00 e. The van der Waals surface area contributed by atoms with Crippen LogP contribution in [0.3, 0.4) is 0 Å². The summed E-state index contributed by atoms with van der Waals surface area (Å²) in [6.07, 6.45) is 0. The van der Waals surface area contributed by atoms with Crippen LogP contribution in [0.4, 0.5) is 0 Å². The zero-order chi connectivity index (χ0) is 11.1. The van der Waals surface area contributed by atoms with E-state index in [-0.39, 0.29) is 34.1 Å². The van der Waals surface area contributed by atoms with Crippen LogP contribution in [0.1, 0.15) is 0 Å². The predicted octanol–water partition coefficient (Wildman–Crippen LogP) is 3.45. The average Bonchev–Trinajstić information content (AvgIpc) is 3.01. The summed E-state index contributed by atoms with van der Waals surface area (Å²) < 4.78 is 0. The third-order valence-electron chi connectivity index (χ3n) is 1.11. The molecule has 0 bridgehead atoms. The molecule has 0 fully saturated rings. The summed E-state index contributed by atoms with van der Waals surface area (Å²) >= 11 is 0. The molecule has 2 aromatic carbocycles. The molecular weight excluding hydrogens is 292 g/mol. The van der Waals surface area contributed by atoms with Gasteiger partial charge in [-0.25, -0.2) is 12.1 Å². The van der Waals surface area contributed by atoms with Gasteiger partial charge in [-0.1, -0.05) is 0 Å². The van der Waals surface area contributed by atoms with E-state index in [2.05, 4.69) is 0 Å². The standard InChI is InChI=1S/2C5H5.2Fe.2NO/c2*1-2-4-5-3-1;;;2*1-2/h2*1-5H;;;;/q-5;-1;;+5;2*-1. The maximum atomic E-state index is 7.25. The molecule has 0 aromatic heterocycles. The molecule has 0 spiro atoms. The van der Waals surface area contributed by atoms with Crippen LogP contribution in [0.15, 0.2) is 60.7 Å². The van der Waals surface area contributed by atoms with Crippen LogP contribution in [0.5, 0.6) is 0 Å². The van der Waals surface area contributed by atoms with Crippen molar-refractivity contribution < 1.29 is 34.1 Å². The molecular formula is C10H10Fe2N2O2-3. The molecule has 0 amide bonds. The first-order valence-electron chi connectivity index (χ1n) is 3.70. The van der Waals surface area contributed by atoms with Crippen LogP contribution in [-0.4, -0.2) is 0 Å². The van der Waals surface area contributed by atoms with E-state index in [4.69, 9.17) is 21.0 Å². The van der Waals surface area contributed by atoms with Crippen molar-refractivity contribution in [2.45, 2.75) is 0 Å². The smallest absolute Gasteiger partial charge is 0.748 e. The van der Waals surface area contributed by atoms with Gasteiger partial charge in [-0.3, -0.25) is 0 Å². The van der Waals surface area contributed by atoms with E-state index < -0.39 is 0 Å². The van der Waals surface area contributed by atoms with E-state index >= 15 is 0 Å². The van der Waals surface area contributed by atoms with Crippen LogP contribution in [0, 0.1) is 9.81 Å². The Balaban J connectivity index is -0.0000000631. The van der Waals surface area contributed by atoms with Crippen molar-refractivity contribution >= 4 is 0 Å². The second-order valence-corrected chi connectivity index (χ2v) is 1.92. The first-order valence-corrected chi connectivity index (χ1v) is 3.70. The van der Waals surface area contributed by atoms with Crippen LogP contribution < -0.4 is 0 Å². The molecule has 91 valence electrons. The van der Waals surface area contributed by atoms with Gasteiger partial charge >= 0.3 is 17.1 Å². The number of hydrogen-bond acceptors (Lipinski definition) is 2. The Hall–Kier alpha value is -1.06. The summed E-state index contributed by atoms with van der Waals surface area (Å²) in [4.78, 5) is 14.5. The fraction of sp³-hybridized carbons (Fsp3) is 0. The second kappa shape index (κ2) is 29.2. The van der Waals surface area contributed by atoms with Gasteiger partial charge in [0.05, 0.1) is 0 Å². The molecule has 0 N–H and O–H groups in total. The van der Waals surface area contributed by atoms with Crippen LogP contribution in [0.2, 0.25) is 0 Å². The molecule has 0 aliphatic rings. The topological polar surface area (TPSA) is 78.7 Å². The maximum absolute atomic E-state index is 7.25. The van der Waals surface area contributed by atoms with Crippen LogP contribution in [0.25, 0.3) is 11.2 Å². The SMILES string of the molecule is [Fe+5].[Fe].[N-]=O.[N-]=O.[cH-]1[cH-][cH-][cH-][cH-]1.c1cc[cH-]c1. The molecule has 1 radical (unpaired) electrons. The average molecular weight is 302 g/mol. The molecule has 16 heavy (non-hydrogen) atoms. The van der Waals surface area contributed by atoms with Gasteiger partial charge in [0.25, 0.3) is 0 Å². The molecule has 0 saturated carbocycles. The van der Waals surface area contributed by atoms with Crippen molar-refractivity contribution in [2.75, 3.05) is 0 Å². The zero-order valence-corrected chi connectivity index (χ0v) is 10.4. The minimum atomic E-state index is 0. The quantitative estimate of drug-likeness (QED) is 0.552. The van der Waals surface area contributed by atoms with E-state index in [0.29, 0.717) is 0 Å². The summed E-state index contributed by atoms with van der Waals surface area (Å²) in [5, 5.41) is 0. The molecule has 6 heteroatoms. The Bertz CT molecular complexity index is 187. The Morgan fingerprint density at radius 1 is 0.688 bits per heavy atom. The molecule has 0 aliphatic heterocycles.